The summed E-state index contributed by atoms with van der Waals surface area (Å²) in [5, 5.41) is 4.93. The van der Waals surface area contributed by atoms with Crippen LogP contribution in [0.2, 0.25) is 15.1 Å². The van der Waals surface area contributed by atoms with Gasteiger partial charge in [-0.25, -0.2) is 0 Å². The Bertz CT molecular complexity index is 773. The number of halogens is 3. The van der Waals surface area contributed by atoms with Gasteiger partial charge in [0.15, 0.2) is 0 Å². The SMILES string of the molecule is Clc1cccc(CNc2c(Cl)ccc3nsnc23)c1Cl. The molecule has 0 radical (unpaired) electrons. The summed E-state index contributed by atoms with van der Waals surface area (Å²) in [5.41, 5.74) is 3.24. The number of hydrogen-bond acceptors (Lipinski definition) is 4. The van der Waals surface area contributed by atoms with Gasteiger partial charge in [0.25, 0.3) is 0 Å². The summed E-state index contributed by atoms with van der Waals surface area (Å²) < 4.78 is 8.45. The Balaban J connectivity index is 1.92. The third kappa shape index (κ3) is 2.56. The smallest absolute Gasteiger partial charge is 0.129 e. The Morgan fingerprint density at radius 2 is 1.85 bits per heavy atom. The molecule has 0 unspecified atom stereocenters. The molecule has 7 heteroatoms. The summed E-state index contributed by atoms with van der Waals surface area (Å²) in [6.45, 7) is 0.510. The molecule has 3 nitrogen and oxygen atoms in total. The predicted molar refractivity (Wildman–Crippen MR) is 86.2 cm³/mol. The van der Waals surface area contributed by atoms with Crippen LogP contribution in [0.1, 0.15) is 5.56 Å². The minimum Gasteiger partial charge on any atom is -0.378 e. The maximum Gasteiger partial charge on any atom is 0.129 e. The fourth-order valence-corrected chi connectivity index (χ4v) is 3.01. The topological polar surface area (TPSA) is 37.8 Å². The largest absolute Gasteiger partial charge is 0.378 e. The van der Waals surface area contributed by atoms with Crippen molar-refractivity contribution in [2.45, 2.75) is 6.54 Å². The monoisotopic (exact) mass is 343 g/mol. The zero-order valence-corrected chi connectivity index (χ0v) is 13.1. The van der Waals surface area contributed by atoms with Crippen LogP contribution in [-0.2, 0) is 6.54 Å². The van der Waals surface area contributed by atoms with Gasteiger partial charge in [0.05, 0.1) is 32.5 Å². The number of fused-ring (bicyclic) bond motifs is 1. The molecule has 0 fully saturated rings. The maximum atomic E-state index is 6.21. The van der Waals surface area contributed by atoms with Crippen molar-refractivity contribution in [1.29, 1.82) is 0 Å². The zero-order valence-electron chi connectivity index (χ0n) is 10.0. The van der Waals surface area contributed by atoms with Crippen molar-refractivity contribution in [2.75, 3.05) is 5.32 Å². The van der Waals surface area contributed by atoms with Gasteiger partial charge in [0.1, 0.15) is 11.0 Å². The van der Waals surface area contributed by atoms with Gasteiger partial charge in [-0.15, -0.1) is 0 Å². The first-order valence-electron chi connectivity index (χ1n) is 5.74. The van der Waals surface area contributed by atoms with Gasteiger partial charge in [-0.3, -0.25) is 0 Å². The summed E-state index contributed by atoms with van der Waals surface area (Å²) in [4.78, 5) is 0. The van der Waals surface area contributed by atoms with Crippen LogP contribution in [0.25, 0.3) is 11.0 Å². The van der Waals surface area contributed by atoms with Crippen molar-refractivity contribution in [3.05, 3.63) is 51.0 Å². The summed E-state index contributed by atoms with van der Waals surface area (Å²) in [6, 6.07) is 9.17. The van der Waals surface area contributed by atoms with Gasteiger partial charge in [0, 0.05) is 6.54 Å². The molecule has 0 bridgehead atoms. The fraction of sp³-hybridized carbons (Fsp3) is 0.0769. The van der Waals surface area contributed by atoms with E-state index in [2.05, 4.69) is 14.1 Å². The molecule has 1 heterocycles. The van der Waals surface area contributed by atoms with Crippen LogP contribution in [-0.4, -0.2) is 8.75 Å². The summed E-state index contributed by atoms with van der Waals surface area (Å²) in [5.74, 6) is 0. The highest BCUT2D eigenvalue weighted by Crippen LogP contribution is 2.31. The van der Waals surface area contributed by atoms with Crippen molar-refractivity contribution < 1.29 is 0 Å². The molecule has 0 amide bonds. The molecule has 0 spiro atoms. The molecule has 20 heavy (non-hydrogen) atoms. The Kier molecular flexibility index (Phi) is 3.98. The standard InChI is InChI=1S/C13H8Cl3N3S/c14-8-3-1-2-7(11(8)16)6-17-12-9(15)4-5-10-13(12)19-20-18-10/h1-5,17H,6H2. The highest BCUT2D eigenvalue weighted by atomic mass is 35.5. The minimum atomic E-state index is 0.510. The molecule has 0 saturated carbocycles. The first-order chi connectivity index (χ1) is 9.66. The van der Waals surface area contributed by atoms with Crippen LogP contribution in [0.3, 0.4) is 0 Å². The van der Waals surface area contributed by atoms with Crippen molar-refractivity contribution in [3.63, 3.8) is 0 Å². The number of benzene rings is 2. The van der Waals surface area contributed by atoms with Crippen LogP contribution in [0, 0.1) is 0 Å². The Labute approximate surface area is 134 Å². The molecule has 0 saturated heterocycles. The molecular weight excluding hydrogens is 337 g/mol. The van der Waals surface area contributed by atoms with E-state index >= 15 is 0 Å². The second-order valence-electron chi connectivity index (χ2n) is 4.12. The van der Waals surface area contributed by atoms with Gasteiger partial charge >= 0.3 is 0 Å². The molecule has 0 atom stereocenters. The van der Waals surface area contributed by atoms with Crippen LogP contribution >= 0.6 is 46.5 Å². The van der Waals surface area contributed by atoms with E-state index in [-0.39, 0.29) is 0 Å². The zero-order chi connectivity index (χ0) is 14.1. The second-order valence-corrected chi connectivity index (χ2v) is 5.84. The van der Waals surface area contributed by atoms with E-state index < -0.39 is 0 Å². The van der Waals surface area contributed by atoms with Crippen LogP contribution in [0.4, 0.5) is 5.69 Å². The van der Waals surface area contributed by atoms with E-state index in [9.17, 15) is 0 Å². The first kappa shape index (κ1) is 13.9. The van der Waals surface area contributed by atoms with Crippen molar-refractivity contribution in [1.82, 2.24) is 8.75 Å². The Morgan fingerprint density at radius 3 is 2.70 bits per heavy atom. The van der Waals surface area contributed by atoms with E-state index in [0.717, 1.165) is 34.0 Å². The second kappa shape index (κ2) is 5.74. The van der Waals surface area contributed by atoms with Crippen molar-refractivity contribution in [3.8, 4) is 0 Å². The third-order valence-corrected chi connectivity index (χ3v) is 4.58. The molecular formula is C13H8Cl3N3S. The average molecular weight is 345 g/mol. The lowest BCUT2D eigenvalue weighted by Crippen LogP contribution is -2.01. The fourth-order valence-electron chi connectivity index (χ4n) is 1.86. The van der Waals surface area contributed by atoms with Gasteiger partial charge in [-0.1, -0.05) is 46.9 Å². The number of aromatic nitrogens is 2. The van der Waals surface area contributed by atoms with Crippen LogP contribution < -0.4 is 5.32 Å². The lowest BCUT2D eigenvalue weighted by molar-refractivity contribution is 1.15. The normalized spacial score (nSPS) is 10.9. The number of nitrogens with zero attached hydrogens (tertiary/aromatic N) is 2. The number of anilines is 1. The molecule has 3 aromatic rings. The molecule has 0 aliphatic carbocycles. The predicted octanol–water partition coefficient (Wildman–Crippen LogP) is 5.26. The molecule has 0 aliphatic heterocycles. The van der Waals surface area contributed by atoms with E-state index in [0.29, 0.717) is 21.6 Å². The molecule has 1 N–H and O–H groups in total. The molecule has 0 aliphatic rings. The quantitative estimate of drug-likeness (QED) is 0.704. The molecule has 102 valence electrons. The average Bonchev–Trinajstić information content (AvgIpc) is 2.90. The van der Waals surface area contributed by atoms with E-state index in [1.165, 1.54) is 0 Å². The Hall–Kier alpha value is -1.07. The van der Waals surface area contributed by atoms with Crippen molar-refractivity contribution in [2.24, 2.45) is 0 Å². The van der Waals surface area contributed by atoms with Crippen molar-refractivity contribution >= 4 is 63.3 Å². The lowest BCUT2D eigenvalue weighted by atomic mass is 10.2. The highest BCUT2D eigenvalue weighted by molar-refractivity contribution is 7.00. The summed E-state index contributed by atoms with van der Waals surface area (Å²) in [7, 11) is 0. The molecule has 1 aromatic heterocycles. The van der Waals surface area contributed by atoms with Gasteiger partial charge in [-0.05, 0) is 23.8 Å². The van der Waals surface area contributed by atoms with Gasteiger partial charge in [-0.2, -0.15) is 8.75 Å². The minimum absolute atomic E-state index is 0.510. The Morgan fingerprint density at radius 1 is 1.00 bits per heavy atom. The first-order valence-corrected chi connectivity index (χ1v) is 7.61. The van der Waals surface area contributed by atoms with E-state index in [1.54, 1.807) is 12.1 Å². The number of hydrogen-bond donors (Lipinski definition) is 1. The van der Waals surface area contributed by atoms with E-state index in [1.807, 2.05) is 18.2 Å². The van der Waals surface area contributed by atoms with Gasteiger partial charge in [0.2, 0.25) is 0 Å². The van der Waals surface area contributed by atoms with Crippen LogP contribution in [0.15, 0.2) is 30.3 Å². The maximum absolute atomic E-state index is 6.21. The summed E-state index contributed by atoms with van der Waals surface area (Å²) >= 11 is 19.5. The summed E-state index contributed by atoms with van der Waals surface area (Å²) in [6.07, 6.45) is 0. The third-order valence-electron chi connectivity index (χ3n) is 2.86. The lowest BCUT2D eigenvalue weighted by Gasteiger charge is -2.10. The number of nitrogens with one attached hydrogen (secondary N) is 1. The highest BCUT2D eigenvalue weighted by Gasteiger charge is 2.11. The van der Waals surface area contributed by atoms with E-state index in [4.69, 9.17) is 34.8 Å². The van der Waals surface area contributed by atoms with Crippen LogP contribution in [0.5, 0.6) is 0 Å². The molecule has 2 aromatic carbocycles. The number of rotatable bonds is 3. The van der Waals surface area contributed by atoms with Gasteiger partial charge < -0.3 is 5.32 Å². The molecule has 3 rings (SSSR count).